The molecule has 0 amide bonds. The molecule has 0 aromatic carbocycles. The summed E-state index contributed by atoms with van der Waals surface area (Å²) < 4.78 is 0. The largest absolute Gasteiger partial charge is 0.451 e. The van der Waals surface area contributed by atoms with Crippen LogP contribution in [0.3, 0.4) is 0 Å². The Bertz CT molecular complexity index is 179. The first kappa shape index (κ1) is 13.0. The van der Waals surface area contributed by atoms with Crippen LogP contribution < -0.4 is 5.32 Å². The molecule has 2 atom stereocenters. The standard InChI is InChI=1S/C10H23BN2O2/c1-13(2)10-7-9(12-8-10)5-3-4-6-11(14)15/h9-10,12,14-15H,3-8H2,1-2H3. The third kappa shape index (κ3) is 4.97. The molecular formula is C10H23BN2O2. The van der Waals surface area contributed by atoms with E-state index in [4.69, 9.17) is 10.0 Å². The Morgan fingerprint density at radius 2 is 2.07 bits per heavy atom. The van der Waals surface area contributed by atoms with Crippen molar-refractivity contribution in [1.29, 1.82) is 0 Å². The van der Waals surface area contributed by atoms with Crippen LogP contribution in [0.25, 0.3) is 0 Å². The van der Waals surface area contributed by atoms with Gasteiger partial charge in [0.15, 0.2) is 0 Å². The van der Waals surface area contributed by atoms with Gasteiger partial charge >= 0.3 is 7.12 Å². The SMILES string of the molecule is CN(C)C1CNC(CCCCB(O)O)C1. The molecule has 88 valence electrons. The number of nitrogens with zero attached hydrogens (tertiary/aromatic N) is 1. The molecule has 0 spiro atoms. The molecule has 1 aliphatic rings. The first-order valence-corrected chi connectivity index (χ1v) is 5.85. The normalized spacial score (nSPS) is 26.2. The summed E-state index contributed by atoms with van der Waals surface area (Å²) in [5, 5.41) is 20.9. The first-order chi connectivity index (χ1) is 7.09. The maximum absolute atomic E-state index is 8.69. The van der Waals surface area contributed by atoms with E-state index >= 15 is 0 Å². The summed E-state index contributed by atoms with van der Waals surface area (Å²) in [5.41, 5.74) is 0. The lowest BCUT2D eigenvalue weighted by Crippen LogP contribution is -2.29. The van der Waals surface area contributed by atoms with Gasteiger partial charge in [-0.15, -0.1) is 0 Å². The Hall–Kier alpha value is -0.0951. The van der Waals surface area contributed by atoms with Crippen molar-refractivity contribution in [3.8, 4) is 0 Å². The summed E-state index contributed by atoms with van der Waals surface area (Å²) >= 11 is 0. The summed E-state index contributed by atoms with van der Waals surface area (Å²) in [5.74, 6) is 0. The van der Waals surface area contributed by atoms with E-state index in [1.165, 1.54) is 6.42 Å². The van der Waals surface area contributed by atoms with Gasteiger partial charge < -0.3 is 20.3 Å². The zero-order chi connectivity index (χ0) is 11.3. The smallest absolute Gasteiger partial charge is 0.427 e. The fourth-order valence-corrected chi connectivity index (χ4v) is 2.13. The lowest BCUT2D eigenvalue weighted by atomic mass is 9.83. The lowest BCUT2D eigenvalue weighted by molar-refractivity contribution is 0.307. The Morgan fingerprint density at radius 1 is 1.33 bits per heavy atom. The fraction of sp³-hybridized carbons (Fsp3) is 1.00. The number of rotatable bonds is 6. The maximum atomic E-state index is 8.69. The molecule has 1 heterocycles. The number of hydrogen-bond donors (Lipinski definition) is 3. The number of nitrogens with one attached hydrogen (secondary N) is 1. The zero-order valence-corrected chi connectivity index (χ0v) is 9.82. The van der Waals surface area contributed by atoms with Crippen LogP contribution in [-0.2, 0) is 0 Å². The fourth-order valence-electron chi connectivity index (χ4n) is 2.13. The second kappa shape index (κ2) is 6.48. The monoisotopic (exact) mass is 214 g/mol. The van der Waals surface area contributed by atoms with Crippen LogP contribution in [-0.4, -0.2) is 54.8 Å². The van der Waals surface area contributed by atoms with Gasteiger partial charge in [0.05, 0.1) is 0 Å². The van der Waals surface area contributed by atoms with E-state index in [2.05, 4.69) is 24.3 Å². The average molecular weight is 214 g/mol. The minimum atomic E-state index is -1.13. The summed E-state index contributed by atoms with van der Waals surface area (Å²) in [7, 11) is 3.12. The summed E-state index contributed by atoms with van der Waals surface area (Å²) in [6.45, 7) is 1.08. The van der Waals surface area contributed by atoms with Gasteiger partial charge in [0.1, 0.15) is 0 Å². The van der Waals surface area contributed by atoms with Crippen LogP contribution in [0.1, 0.15) is 25.7 Å². The van der Waals surface area contributed by atoms with Crippen LogP contribution in [0, 0.1) is 0 Å². The Labute approximate surface area is 92.8 Å². The van der Waals surface area contributed by atoms with Crippen molar-refractivity contribution in [2.45, 2.75) is 44.1 Å². The van der Waals surface area contributed by atoms with E-state index in [0.717, 1.165) is 25.8 Å². The highest BCUT2D eigenvalue weighted by Gasteiger charge is 2.24. The first-order valence-electron chi connectivity index (χ1n) is 5.85. The molecule has 0 aliphatic carbocycles. The molecule has 15 heavy (non-hydrogen) atoms. The zero-order valence-electron chi connectivity index (χ0n) is 9.82. The van der Waals surface area contributed by atoms with Crippen LogP contribution in [0.2, 0.25) is 6.32 Å². The summed E-state index contributed by atoms with van der Waals surface area (Å²) in [4.78, 5) is 2.27. The van der Waals surface area contributed by atoms with Crippen LogP contribution in [0.4, 0.5) is 0 Å². The molecular weight excluding hydrogens is 191 g/mol. The van der Waals surface area contributed by atoms with E-state index in [0.29, 0.717) is 18.4 Å². The number of likely N-dealkylation sites (N-methyl/N-ethyl adjacent to an activating group) is 1. The van der Waals surface area contributed by atoms with E-state index < -0.39 is 7.12 Å². The Kier molecular flexibility index (Phi) is 5.60. The molecule has 2 unspecified atom stereocenters. The van der Waals surface area contributed by atoms with Gasteiger partial charge in [-0.2, -0.15) is 0 Å². The molecule has 1 saturated heterocycles. The van der Waals surface area contributed by atoms with Gasteiger partial charge in [0.25, 0.3) is 0 Å². The van der Waals surface area contributed by atoms with Crippen molar-refractivity contribution in [2.75, 3.05) is 20.6 Å². The second-order valence-electron chi connectivity index (χ2n) is 4.72. The molecule has 1 fully saturated rings. The van der Waals surface area contributed by atoms with Gasteiger partial charge in [0.2, 0.25) is 0 Å². The van der Waals surface area contributed by atoms with Crippen molar-refractivity contribution in [1.82, 2.24) is 10.2 Å². The van der Waals surface area contributed by atoms with E-state index in [1.54, 1.807) is 0 Å². The van der Waals surface area contributed by atoms with Gasteiger partial charge in [-0.25, -0.2) is 0 Å². The molecule has 4 nitrogen and oxygen atoms in total. The molecule has 0 aromatic rings. The van der Waals surface area contributed by atoms with Crippen LogP contribution in [0.5, 0.6) is 0 Å². The van der Waals surface area contributed by atoms with Crippen LogP contribution >= 0.6 is 0 Å². The van der Waals surface area contributed by atoms with Crippen molar-refractivity contribution in [3.63, 3.8) is 0 Å². The molecule has 5 heteroatoms. The van der Waals surface area contributed by atoms with Crippen molar-refractivity contribution in [2.24, 2.45) is 0 Å². The molecule has 0 radical (unpaired) electrons. The van der Waals surface area contributed by atoms with Gasteiger partial charge in [-0.05, 0) is 33.3 Å². The maximum Gasteiger partial charge on any atom is 0.451 e. The predicted molar refractivity (Wildman–Crippen MR) is 62.7 cm³/mol. The minimum absolute atomic E-state index is 0.504. The van der Waals surface area contributed by atoms with Crippen LogP contribution in [0.15, 0.2) is 0 Å². The highest BCUT2D eigenvalue weighted by molar-refractivity contribution is 6.40. The molecule has 0 saturated carbocycles. The van der Waals surface area contributed by atoms with Gasteiger partial charge in [-0.1, -0.05) is 12.8 Å². The summed E-state index contributed by atoms with van der Waals surface area (Å²) in [6.07, 6.45) is 4.85. The second-order valence-corrected chi connectivity index (χ2v) is 4.72. The minimum Gasteiger partial charge on any atom is -0.427 e. The van der Waals surface area contributed by atoms with Crippen molar-refractivity contribution >= 4 is 7.12 Å². The third-order valence-corrected chi connectivity index (χ3v) is 3.19. The Balaban J connectivity index is 2.04. The summed E-state index contributed by atoms with van der Waals surface area (Å²) in [6, 6.07) is 1.28. The molecule has 0 bridgehead atoms. The Morgan fingerprint density at radius 3 is 2.60 bits per heavy atom. The highest BCUT2D eigenvalue weighted by atomic mass is 16.4. The number of unbranched alkanes of at least 4 members (excludes halogenated alkanes) is 1. The highest BCUT2D eigenvalue weighted by Crippen LogP contribution is 2.16. The topological polar surface area (TPSA) is 55.7 Å². The number of hydrogen-bond acceptors (Lipinski definition) is 4. The molecule has 1 aliphatic heterocycles. The van der Waals surface area contributed by atoms with E-state index in [1.807, 2.05) is 0 Å². The quantitative estimate of drug-likeness (QED) is 0.427. The van der Waals surface area contributed by atoms with Crippen molar-refractivity contribution < 1.29 is 10.0 Å². The van der Waals surface area contributed by atoms with E-state index in [-0.39, 0.29) is 0 Å². The average Bonchev–Trinajstić information content (AvgIpc) is 2.60. The molecule has 3 N–H and O–H groups in total. The van der Waals surface area contributed by atoms with Gasteiger partial charge in [-0.3, -0.25) is 0 Å². The third-order valence-electron chi connectivity index (χ3n) is 3.19. The molecule has 1 rings (SSSR count). The lowest BCUT2D eigenvalue weighted by Gasteiger charge is -2.17. The predicted octanol–water partition coefficient (Wildman–Crippen LogP) is -0.0784. The molecule has 0 aromatic heterocycles. The van der Waals surface area contributed by atoms with Crippen molar-refractivity contribution in [3.05, 3.63) is 0 Å². The van der Waals surface area contributed by atoms with E-state index in [9.17, 15) is 0 Å². The van der Waals surface area contributed by atoms with Gasteiger partial charge in [0, 0.05) is 18.6 Å².